The number of para-hydroxylation sites is 1. The molecule has 0 bridgehead atoms. The summed E-state index contributed by atoms with van der Waals surface area (Å²) in [7, 11) is 0. The van der Waals surface area contributed by atoms with E-state index >= 15 is 0 Å². The van der Waals surface area contributed by atoms with Gasteiger partial charge in [-0.15, -0.1) is 6.58 Å². The summed E-state index contributed by atoms with van der Waals surface area (Å²) in [6.45, 7) is 3.83. The molecule has 1 heterocycles. The predicted molar refractivity (Wildman–Crippen MR) is 82.6 cm³/mol. The van der Waals surface area contributed by atoms with Crippen LogP contribution in [0.5, 0.6) is 5.75 Å². The number of nitrogens with zero attached hydrogens (tertiary/aromatic N) is 2. The van der Waals surface area contributed by atoms with Crippen LogP contribution in [-0.2, 0) is 0 Å². The SMILES string of the molecule is C=CCN(Oc1ccccc1)C(=O)c1cc(Cl)nc(Cl)c1. The molecule has 108 valence electrons. The van der Waals surface area contributed by atoms with E-state index in [1.165, 1.54) is 17.2 Å². The first-order chi connectivity index (χ1) is 10.1. The second kappa shape index (κ2) is 7.11. The Morgan fingerprint density at radius 3 is 2.43 bits per heavy atom. The molecule has 0 N–H and O–H groups in total. The number of aromatic nitrogens is 1. The first kappa shape index (κ1) is 15.4. The Hall–Kier alpha value is -2.04. The fourth-order valence-corrected chi connectivity index (χ4v) is 2.08. The van der Waals surface area contributed by atoms with Crippen molar-refractivity contribution in [2.75, 3.05) is 6.54 Å². The highest BCUT2D eigenvalue weighted by molar-refractivity contribution is 6.33. The lowest BCUT2D eigenvalue weighted by Crippen LogP contribution is -2.34. The van der Waals surface area contributed by atoms with E-state index in [-0.39, 0.29) is 28.3 Å². The van der Waals surface area contributed by atoms with Crippen LogP contribution in [-0.4, -0.2) is 22.5 Å². The van der Waals surface area contributed by atoms with Gasteiger partial charge in [-0.05, 0) is 24.3 Å². The lowest BCUT2D eigenvalue weighted by molar-refractivity contribution is -0.0248. The van der Waals surface area contributed by atoms with Gasteiger partial charge in [0.2, 0.25) is 0 Å². The Balaban J connectivity index is 2.24. The summed E-state index contributed by atoms with van der Waals surface area (Å²) < 4.78 is 0. The van der Waals surface area contributed by atoms with E-state index in [0.29, 0.717) is 5.75 Å². The molecule has 0 radical (unpaired) electrons. The highest BCUT2D eigenvalue weighted by Gasteiger charge is 2.18. The van der Waals surface area contributed by atoms with Gasteiger partial charge in [-0.1, -0.05) is 47.5 Å². The summed E-state index contributed by atoms with van der Waals surface area (Å²) in [5, 5.41) is 1.46. The van der Waals surface area contributed by atoms with Crippen molar-refractivity contribution in [1.29, 1.82) is 0 Å². The first-order valence-electron chi connectivity index (χ1n) is 6.09. The molecule has 0 aliphatic carbocycles. The lowest BCUT2D eigenvalue weighted by Gasteiger charge is -2.21. The van der Waals surface area contributed by atoms with Crippen LogP contribution >= 0.6 is 23.2 Å². The van der Waals surface area contributed by atoms with Crippen molar-refractivity contribution in [3.05, 3.63) is 71.0 Å². The maximum atomic E-state index is 12.5. The molecule has 0 aliphatic heterocycles. The fourth-order valence-electron chi connectivity index (χ4n) is 1.62. The molecule has 1 amide bonds. The van der Waals surface area contributed by atoms with Crippen molar-refractivity contribution in [3.63, 3.8) is 0 Å². The number of hydrogen-bond acceptors (Lipinski definition) is 3. The number of carbonyl (C=O) groups excluding carboxylic acids is 1. The van der Waals surface area contributed by atoms with Crippen molar-refractivity contribution in [2.24, 2.45) is 0 Å². The molecule has 0 unspecified atom stereocenters. The van der Waals surface area contributed by atoms with Gasteiger partial charge < -0.3 is 4.84 Å². The Bertz CT molecular complexity index is 627. The van der Waals surface area contributed by atoms with E-state index in [0.717, 1.165) is 0 Å². The third-order valence-electron chi connectivity index (χ3n) is 2.49. The quantitative estimate of drug-likeness (QED) is 0.474. The third kappa shape index (κ3) is 4.21. The van der Waals surface area contributed by atoms with E-state index in [9.17, 15) is 4.79 Å². The zero-order valence-corrected chi connectivity index (χ0v) is 12.5. The van der Waals surface area contributed by atoms with Gasteiger partial charge in [0.25, 0.3) is 5.91 Å². The average molecular weight is 323 g/mol. The van der Waals surface area contributed by atoms with Crippen LogP contribution in [0.25, 0.3) is 0 Å². The first-order valence-corrected chi connectivity index (χ1v) is 6.84. The molecule has 2 aromatic rings. The molecule has 0 saturated carbocycles. The topological polar surface area (TPSA) is 42.4 Å². The van der Waals surface area contributed by atoms with Crippen LogP contribution in [0.4, 0.5) is 0 Å². The van der Waals surface area contributed by atoms with Gasteiger partial charge in [0.05, 0.1) is 6.54 Å². The number of carbonyl (C=O) groups is 1. The molecular weight excluding hydrogens is 311 g/mol. The maximum absolute atomic E-state index is 12.5. The Morgan fingerprint density at radius 2 is 1.86 bits per heavy atom. The zero-order chi connectivity index (χ0) is 15.2. The summed E-state index contributed by atoms with van der Waals surface area (Å²) >= 11 is 11.6. The molecule has 21 heavy (non-hydrogen) atoms. The van der Waals surface area contributed by atoms with Crippen molar-refractivity contribution in [2.45, 2.75) is 0 Å². The van der Waals surface area contributed by atoms with Crippen LogP contribution in [0.1, 0.15) is 10.4 Å². The summed E-state index contributed by atoms with van der Waals surface area (Å²) in [5.41, 5.74) is 0.290. The minimum absolute atomic E-state index is 0.143. The molecule has 0 aliphatic rings. The second-order valence-corrected chi connectivity index (χ2v) is 4.84. The Morgan fingerprint density at radius 1 is 1.24 bits per heavy atom. The number of hydroxylamine groups is 2. The molecule has 0 saturated heterocycles. The van der Waals surface area contributed by atoms with Crippen LogP contribution in [0.15, 0.2) is 55.1 Å². The molecule has 4 nitrogen and oxygen atoms in total. The predicted octanol–water partition coefficient (Wildman–Crippen LogP) is 4.01. The van der Waals surface area contributed by atoms with Crippen LogP contribution in [0.3, 0.4) is 0 Å². The molecular formula is C15H12Cl2N2O2. The molecule has 1 aromatic heterocycles. The summed E-state index contributed by atoms with van der Waals surface area (Å²) in [5.74, 6) is 0.156. The Labute approximate surface area is 132 Å². The molecule has 0 spiro atoms. The van der Waals surface area contributed by atoms with Gasteiger partial charge in [-0.3, -0.25) is 4.79 Å². The largest absolute Gasteiger partial charge is 0.376 e. The minimum Gasteiger partial charge on any atom is -0.376 e. The highest BCUT2D eigenvalue weighted by atomic mass is 35.5. The second-order valence-electron chi connectivity index (χ2n) is 4.06. The number of hydrogen-bond donors (Lipinski definition) is 0. The lowest BCUT2D eigenvalue weighted by atomic mass is 10.2. The smallest absolute Gasteiger partial charge is 0.286 e. The van der Waals surface area contributed by atoms with Gasteiger partial charge >= 0.3 is 0 Å². The molecule has 0 atom stereocenters. The van der Waals surface area contributed by atoms with Crippen molar-refractivity contribution in [3.8, 4) is 5.75 Å². The number of benzene rings is 1. The van der Waals surface area contributed by atoms with Gasteiger partial charge in [0, 0.05) is 5.56 Å². The van der Waals surface area contributed by atoms with E-state index < -0.39 is 0 Å². The van der Waals surface area contributed by atoms with Gasteiger partial charge in [0.1, 0.15) is 10.3 Å². The molecule has 6 heteroatoms. The molecule has 2 rings (SSSR count). The average Bonchev–Trinajstić information content (AvgIpc) is 2.46. The number of rotatable bonds is 5. The normalized spacial score (nSPS) is 10.0. The standard InChI is InChI=1S/C15H12Cl2N2O2/c1-2-8-19(21-12-6-4-3-5-7-12)15(20)11-9-13(16)18-14(17)10-11/h2-7,9-10H,1,8H2. The van der Waals surface area contributed by atoms with Crippen LogP contribution in [0.2, 0.25) is 10.3 Å². The van der Waals surface area contributed by atoms with Gasteiger partial charge in [-0.2, -0.15) is 5.06 Å². The van der Waals surface area contributed by atoms with Gasteiger partial charge in [0.15, 0.2) is 5.75 Å². The zero-order valence-electron chi connectivity index (χ0n) is 11.0. The molecule has 0 fully saturated rings. The van der Waals surface area contributed by atoms with Crippen molar-refractivity contribution >= 4 is 29.1 Å². The number of amides is 1. The van der Waals surface area contributed by atoms with Crippen molar-refractivity contribution in [1.82, 2.24) is 10.0 Å². The Kier molecular flexibility index (Phi) is 5.20. The third-order valence-corrected chi connectivity index (χ3v) is 2.88. The summed E-state index contributed by atoms with van der Waals surface area (Å²) in [6, 6.07) is 11.8. The fraction of sp³-hybridized carbons (Fsp3) is 0.0667. The van der Waals surface area contributed by atoms with E-state index in [4.69, 9.17) is 28.0 Å². The minimum atomic E-state index is -0.384. The van der Waals surface area contributed by atoms with Crippen LogP contribution < -0.4 is 4.84 Å². The van der Waals surface area contributed by atoms with E-state index in [2.05, 4.69) is 11.6 Å². The number of halogens is 2. The monoisotopic (exact) mass is 322 g/mol. The summed E-state index contributed by atoms with van der Waals surface area (Å²) in [4.78, 5) is 21.8. The highest BCUT2D eigenvalue weighted by Crippen LogP contribution is 2.18. The molecule has 1 aromatic carbocycles. The maximum Gasteiger partial charge on any atom is 0.286 e. The van der Waals surface area contributed by atoms with Crippen LogP contribution in [0, 0.1) is 0 Å². The number of pyridine rings is 1. The van der Waals surface area contributed by atoms with E-state index in [1.54, 1.807) is 18.2 Å². The van der Waals surface area contributed by atoms with Gasteiger partial charge in [-0.25, -0.2) is 4.98 Å². The van der Waals surface area contributed by atoms with Crippen molar-refractivity contribution < 1.29 is 9.63 Å². The van der Waals surface area contributed by atoms with E-state index in [1.807, 2.05) is 18.2 Å². The summed E-state index contributed by atoms with van der Waals surface area (Å²) in [6.07, 6.45) is 1.56.